The van der Waals surface area contributed by atoms with Gasteiger partial charge in [0.15, 0.2) is 0 Å². The number of carbonyl (C=O) groups excluding carboxylic acids is 2. The predicted molar refractivity (Wildman–Crippen MR) is 121 cm³/mol. The average Bonchev–Trinajstić information content (AvgIpc) is 2.85. The lowest BCUT2D eigenvalue weighted by molar-refractivity contribution is -0.168. The Hall–Kier alpha value is -3.88. The van der Waals surface area contributed by atoms with Crippen LogP contribution in [0.4, 0.5) is 0 Å². The number of ether oxygens (including phenoxy) is 3. The fourth-order valence-electron chi connectivity index (χ4n) is 5.37. The highest BCUT2D eigenvalue weighted by Gasteiger charge is 2.45. The van der Waals surface area contributed by atoms with Crippen LogP contribution in [0.25, 0.3) is 0 Å². The number of rotatable bonds is 6. The molecular weight excluding hydrogens is 456 g/mol. The largest absolute Gasteiger partial charge is 0.496 e. The average molecular weight is 482 g/mol. The number of aliphatic carboxylic acids is 2. The van der Waals surface area contributed by atoms with Gasteiger partial charge in [-0.15, -0.1) is 0 Å². The van der Waals surface area contributed by atoms with Gasteiger partial charge in [-0.3, -0.25) is 19.2 Å². The van der Waals surface area contributed by atoms with Crippen molar-refractivity contribution in [2.24, 2.45) is 11.8 Å². The van der Waals surface area contributed by atoms with E-state index in [0.29, 0.717) is 46.6 Å². The summed E-state index contributed by atoms with van der Waals surface area (Å²) in [5.74, 6) is -7.99. The molecule has 0 amide bonds. The van der Waals surface area contributed by atoms with Crippen LogP contribution in [-0.4, -0.2) is 48.3 Å². The van der Waals surface area contributed by atoms with Crippen LogP contribution in [0.15, 0.2) is 36.4 Å². The molecule has 0 bridgehead atoms. The molecule has 4 unspecified atom stereocenters. The monoisotopic (exact) mass is 482 g/mol. The number of methoxy groups -OCH3 is 2. The molecule has 4 rings (SSSR count). The van der Waals surface area contributed by atoms with Gasteiger partial charge in [0.25, 0.3) is 0 Å². The van der Waals surface area contributed by atoms with Crippen molar-refractivity contribution in [2.45, 2.75) is 37.5 Å². The zero-order valence-electron chi connectivity index (χ0n) is 19.4. The van der Waals surface area contributed by atoms with E-state index in [9.17, 15) is 29.4 Å². The van der Waals surface area contributed by atoms with Crippen LogP contribution in [0.2, 0.25) is 0 Å². The summed E-state index contributed by atoms with van der Waals surface area (Å²) >= 11 is 0. The van der Waals surface area contributed by atoms with E-state index in [0.717, 1.165) is 0 Å². The molecule has 4 atom stereocenters. The molecule has 184 valence electrons. The van der Waals surface area contributed by atoms with Gasteiger partial charge in [-0.25, -0.2) is 0 Å². The summed E-state index contributed by atoms with van der Waals surface area (Å²) in [5, 5.41) is 19.6. The normalized spacial score (nSPS) is 22.8. The van der Waals surface area contributed by atoms with E-state index in [2.05, 4.69) is 0 Å². The molecule has 2 aromatic rings. The number of esters is 2. The van der Waals surface area contributed by atoms with Crippen LogP contribution >= 0.6 is 0 Å². The molecule has 0 spiro atoms. The number of carboxylic acid groups (broad SMARTS) is 2. The molecule has 0 heterocycles. The first-order chi connectivity index (χ1) is 16.8. The highest BCUT2D eigenvalue weighted by Crippen LogP contribution is 2.43. The van der Waals surface area contributed by atoms with Crippen LogP contribution in [0.3, 0.4) is 0 Å². The number of benzene rings is 2. The lowest BCUT2D eigenvalue weighted by atomic mass is 9.74. The maximum absolute atomic E-state index is 13.3. The van der Waals surface area contributed by atoms with E-state index in [4.69, 9.17) is 14.2 Å². The second-order valence-corrected chi connectivity index (χ2v) is 8.72. The van der Waals surface area contributed by atoms with Crippen LogP contribution < -0.4 is 9.47 Å². The summed E-state index contributed by atoms with van der Waals surface area (Å²) in [4.78, 5) is 50.6. The highest BCUT2D eigenvalue weighted by atomic mass is 16.6. The zero-order chi connectivity index (χ0) is 25.3. The minimum atomic E-state index is -1.23. The molecule has 0 fully saturated rings. The third kappa shape index (κ3) is 4.34. The van der Waals surface area contributed by atoms with Crippen LogP contribution in [-0.2, 0) is 36.8 Å². The molecule has 0 saturated carbocycles. The minimum absolute atomic E-state index is 0.165. The van der Waals surface area contributed by atoms with E-state index in [1.807, 2.05) is 0 Å². The number of hydrogen-bond acceptors (Lipinski definition) is 7. The van der Waals surface area contributed by atoms with Gasteiger partial charge in [-0.1, -0.05) is 24.3 Å². The van der Waals surface area contributed by atoms with Crippen molar-refractivity contribution >= 4 is 23.9 Å². The Kier molecular flexibility index (Phi) is 6.77. The molecular formula is C26H26O9. The Morgan fingerprint density at radius 1 is 0.714 bits per heavy atom. The van der Waals surface area contributed by atoms with Crippen molar-refractivity contribution in [1.29, 1.82) is 0 Å². The first kappa shape index (κ1) is 24.3. The Bertz CT molecular complexity index is 1090. The lowest BCUT2D eigenvalue weighted by Gasteiger charge is -2.32. The first-order valence-corrected chi connectivity index (χ1v) is 11.3. The molecule has 2 aliphatic carbocycles. The van der Waals surface area contributed by atoms with Gasteiger partial charge in [0, 0.05) is 0 Å². The third-order valence-electron chi connectivity index (χ3n) is 7.01. The number of fused-ring (bicyclic) bond motifs is 2. The second-order valence-electron chi connectivity index (χ2n) is 8.72. The summed E-state index contributed by atoms with van der Waals surface area (Å²) in [6.45, 7) is 0. The first-order valence-electron chi connectivity index (χ1n) is 11.3. The molecule has 35 heavy (non-hydrogen) atoms. The Morgan fingerprint density at radius 3 is 1.46 bits per heavy atom. The van der Waals surface area contributed by atoms with Gasteiger partial charge in [-0.05, 0) is 60.1 Å². The smallest absolute Gasteiger partial charge is 0.321 e. The van der Waals surface area contributed by atoms with Crippen molar-refractivity contribution in [3.05, 3.63) is 58.7 Å². The predicted octanol–water partition coefficient (Wildman–Crippen LogP) is 2.94. The fourth-order valence-corrected chi connectivity index (χ4v) is 5.37. The summed E-state index contributed by atoms with van der Waals surface area (Å²) in [5.41, 5.74) is 2.25. The van der Waals surface area contributed by atoms with Crippen LogP contribution in [0.1, 0.15) is 46.9 Å². The fraction of sp³-hybridized carbons (Fsp3) is 0.385. The van der Waals surface area contributed by atoms with Gasteiger partial charge in [0.05, 0.1) is 37.9 Å². The molecule has 9 heteroatoms. The molecule has 2 N–H and O–H groups in total. The van der Waals surface area contributed by atoms with Gasteiger partial charge in [-0.2, -0.15) is 0 Å². The lowest BCUT2D eigenvalue weighted by Crippen LogP contribution is -2.38. The number of carboxylic acids is 2. The molecule has 0 aromatic heterocycles. The van der Waals surface area contributed by atoms with Crippen LogP contribution in [0.5, 0.6) is 11.5 Å². The maximum atomic E-state index is 13.3. The van der Waals surface area contributed by atoms with E-state index in [1.165, 1.54) is 14.2 Å². The van der Waals surface area contributed by atoms with Crippen molar-refractivity contribution in [1.82, 2.24) is 0 Å². The summed E-state index contributed by atoms with van der Waals surface area (Å²) in [6, 6.07) is 9.99. The van der Waals surface area contributed by atoms with Gasteiger partial charge >= 0.3 is 23.9 Å². The quantitative estimate of drug-likeness (QED) is 0.470. The van der Waals surface area contributed by atoms with Crippen molar-refractivity contribution in [3.8, 4) is 11.5 Å². The molecule has 2 aromatic carbocycles. The van der Waals surface area contributed by atoms with Crippen molar-refractivity contribution in [2.75, 3.05) is 14.2 Å². The number of carbonyl (C=O) groups is 4. The SMILES string of the molecule is COc1cccc2c1CCC(C(=O)O)C2C(=O)OC(=O)C1c2cccc(OC)c2CCC1C(=O)O. The molecule has 0 saturated heterocycles. The molecule has 2 aliphatic rings. The Morgan fingerprint density at radius 2 is 1.11 bits per heavy atom. The third-order valence-corrected chi connectivity index (χ3v) is 7.01. The topological polar surface area (TPSA) is 136 Å². The minimum Gasteiger partial charge on any atom is -0.496 e. The van der Waals surface area contributed by atoms with Crippen molar-refractivity contribution < 1.29 is 43.6 Å². The summed E-state index contributed by atoms with van der Waals surface area (Å²) in [7, 11) is 2.97. The van der Waals surface area contributed by atoms with E-state index in [-0.39, 0.29) is 12.8 Å². The zero-order valence-corrected chi connectivity index (χ0v) is 19.4. The van der Waals surface area contributed by atoms with E-state index >= 15 is 0 Å². The molecule has 0 radical (unpaired) electrons. The van der Waals surface area contributed by atoms with Crippen LogP contribution in [0, 0.1) is 11.8 Å². The van der Waals surface area contributed by atoms with Crippen molar-refractivity contribution in [3.63, 3.8) is 0 Å². The Balaban J connectivity index is 1.70. The summed E-state index contributed by atoms with van der Waals surface area (Å²) in [6.07, 6.45) is 1.12. The highest BCUT2D eigenvalue weighted by molar-refractivity contribution is 5.97. The van der Waals surface area contributed by atoms with Gasteiger partial charge in [0.2, 0.25) is 0 Å². The summed E-state index contributed by atoms with van der Waals surface area (Å²) < 4.78 is 16.0. The maximum Gasteiger partial charge on any atom is 0.321 e. The number of hydrogen-bond donors (Lipinski definition) is 2. The Labute approximate surface area is 201 Å². The second kappa shape index (κ2) is 9.77. The standard InChI is InChI=1S/C26H26O9/c1-33-19-7-3-5-15-13(19)9-11-17(23(27)28)21(15)25(31)35-26(32)22-16-6-4-8-20(34-2)14(16)10-12-18(22)24(29)30/h3-8,17-18,21-22H,9-12H2,1-2H3,(H,27,28)(H,29,30). The van der Waals surface area contributed by atoms with E-state index < -0.39 is 47.5 Å². The van der Waals surface area contributed by atoms with E-state index in [1.54, 1.807) is 36.4 Å². The molecule has 9 nitrogen and oxygen atoms in total. The molecule has 0 aliphatic heterocycles. The van der Waals surface area contributed by atoms with Gasteiger partial charge in [0.1, 0.15) is 11.5 Å². The van der Waals surface area contributed by atoms with Gasteiger partial charge < -0.3 is 24.4 Å².